The second-order valence-electron chi connectivity index (χ2n) is 5.44. The van der Waals surface area contributed by atoms with Gasteiger partial charge in [-0.3, -0.25) is 4.79 Å². The first-order chi connectivity index (χ1) is 12.0. The van der Waals surface area contributed by atoms with E-state index in [1.807, 2.05) is 0 Å². The van der Waals surface area contributed by atoms with Crippen molar-refractivity contribution in [3.05, 3.63) is 29.8 Å². The molecule has 0 heterocycles. The second-order valence-corrected chi connectivity index (χ2v) is 5.44. The van der Waals surface area contributed by atoms with Gasteiger partial charge in [0.1, 0.15) is 24.5 Å². The Balaban J connectivity index is 2.12. The van der Waals surface area contributed by atoms with E-state index in [0.717, 1.165) is 5.56 Å². The predicted molar refractivity (Wildman–Crippen MR) is 90.3 cm³/mol. The highest BCUT2D eigenvalue weighted by Gasteiger charge is 2.17. The van der Waals surface area contributed by atoms with Crippen molar-refractivity contribution >= 4 is 5.97 Å². The SMILES string of the molecule is COCCOCCOCC(O)COC(=O)C(N)Cc1ccc(O)cc1. The van der Waals surface area contributed by atoms with Gasteiger partial charge in [-0.2, -0.15) is 0 Å². The van der Waals surface area contributed by atoms with Crippen molar-refractivity contribution in [3.8, 4) is 5.75 Å². The summed E-state index contributed by atoms with van der Waals surface area (Å²) in [4.78, 5) is 11.8. The van der Waals surface area contributed by atoms with E-state index in [-0.39, 0.29) is 25.4 Å². The van der Waals surface area contributed by atoms with Crippen LogP contribution in [0, 0.1) is 0 Å². The van der Waals surface area contributed by atoms with E-state index >= 15 is 0 Å². The number of carbonyl (C=O) groups excluding carboxylic acids is 1. The van der Waals surface area contributed by atoms with Gasteiger partial charge in [-0.15, -0.1) is 0 Å². The molecule has 0 aromatic heterocycles. The predicted octanol–water partition coefficient (Wildman–Crippen LogP) is -0.154. The van der Waals surface area contributed by atoms with Gasteiger partial charge in [0.05, 0.1) is 33.0 Å². The van der Waals surface area contributed by atoms with E-state index in [1.54, 1.807) is 19.2 Å². The van der Waals surface area contributed by atoms with Crippen LogP contribution in [0.2, 0.25) is 0 Å². The third-order valence-corrected chi connectivity index (χ3v) is 3.23. The van der Waals surface area contributed by atoms with Gasteiger partial charge in [-0.1, -0.05) is 12.1 Å². The van der Waals surface area contributed by atoms with Crippen LogP contribution in [0.4, 0.5) is 0 Å². The lowest BCUT2D eigenvalue weighted by molar-refractivity contribution is -0.149. The summed E-state index contributed by atoms with van der Waals surface area (Å²) in [6.07, 6.45) is -0.645. The van der Waals surface area contributed by atoms with Crippen LogP contribution in [0.15, 0.2) is 24.3 Å². The molecule has 2 unspecified atom stereocenters. The molecule has 0 saturated carbocycles. The van der Waals surface area contributed by atoms with Gasteiger partial charge in [-0.25, -0.2) is 0 Å². The topological polar surface area (TPSA) is 120 Å². The molecule has 0 bridgehead atoms. The number of phenols is 1. The fraction of sp³-hybridized carbons (Fsp3) is 0.588. The van der Waals surface area contributed by atoms with E-state index in [9.17, 15) is 15.0 Å². The number of hydrogen-bond donors (Lipinski definition) is 3. The number of rotatable bonds is 13. The molecule has 1 rings (SSSR count). The molecule has 0 aliphatic rings. The summed E-state index contributed by atoms with van der Waals surface area (Å²) in [5.41, 5.74) is 6.58. The van der Waals surface area contributed by atoms with E-state index in [1.165, 1.54) is 12.1 Å². The molecule has 0 amide bonds. The molecule has 0 aliphatic carbocycles. The van der Waals surface area contributed by atoms with Crippen LogP contribution in [0.3, 0.4) is 0 Å². The van der Waals surface area contributed by atoms with E-state index in [4.69, 9.17) is 24.7 Å². The van der Waals surface area contributed by atoms with E-state index in [0.29, 0.717) is 26.4 Å². The van der Waals surface area contributed by atoms with Crippen LogP contribution in [-0.4, -0.2) is 75.1 Å². The molecule has 0 saturated heterocycles. The van der Waals surface area contributed by atoms with Gasteiger partial charge >= 0.3 is 5.97 Å². The Hall–Kier alpha value is -1.71. The zero-order valence-corrected chi connectivity index (χ0v) is 14.4. The Labute approximate surface area is 147 Å². The molecular weight excluding hydrogens is 330 g/mol. The highest BCUT2D eigenvalue weighted by atomic mass is 16.6. The minimum atomic E-state index is -0.927. The molecule has 4 N–H and O–H groups in total. The Morgan fingerprint density at radius 3 is 2.40 bits per heavy atom. The first-order valence-corrected chi connectivity index (χ1v) is 8.05. The average molecular weight is 357 g/mol. The molecule has 2 atom stereocenters. The number of nitrogens with two attached hydrogens (primary N) is 1. The lowest BCUT2D eigenvalue weighted by Crippen LogP contribution is -2.36. The summed E-state index contributed by atoms with van der Waals surface area (Å²) in [5, 5.41) is 18.9. The van der Waals surface area contributed by atoms with Gasteiger partial charge in [0.25, 0.3) is 0 Å². The monoisotopic (exact) mass is 357 g/mol. The van der Waals surface area contributed by atoms with E-state index < -0.39 is 18.1 Å². The molecule has 25 heavy (non-hydrogen) atoms. The van der Waals surface area contributed by atoms with Crippen LogP contribution in [0.1, 0.15) is 5.56 Å². The van der Waals surface area contributed by atoms with Gasteiger partial charge < -0.3 is 34.9 Å². The molecule has 0 aliphatic heterocycles. The first-order valence-electron chi connectivity index (χ1n) is 8.05. The number of esters is 1. The number of carbonyl (C=O) groups is 1. The fourth-order valence-electron chi connectivity index (χ4n) is 1.88. The summed E-state index contributed by atoms with van der Waals surface area (Å²) in [7, 11) is 1.59. The minimum Gasteiger partial charge on any atom is -0.508 e. The smallest absolute Gasteiger partial charge is 0.323 e. The number of aliphatic hydroxyl groups excluding tert-OH is 1. The van der Waals surface area contributed by atoms with Crippen molar-refractivity contribution in [2.75, 3.05) is 46.8 Å². The third kappa shape index (κ3) is 10.0. The molecule has 1 aromatic rings. The highest BCUT2D eigenvalue weighted by Crippen LogP contribution is 2.11. The summed E-state index contributed by atoms with van der Waals surface area (Å²) < 4.78 is 20.2. The normalized spacial score (nSPS) is 13.4. The number of phenolic OH excluding ortho intramolecular Hbond substituents is 1. The molecular formula is C17H27NO7. The maximum atomic E-state index is 11.8. The number of aromatic hydroxyl groups is 1. The molecule has 0 spiro atoms. The van der Waals surface area contributed by atoms with Gasteiger partial charge in [-0.05, 0) is 24.1 Å². The highest BCUT2D eigenvalue weighted by molar-refractivity contribution is 5.75. The summed E-state index contributed by atoms with van der Waals surface area (Å²) in [6, 6.07) is 5.56. The average Bonchev–Trinajstić information content (AvgIpc) is 2.60. The number of hydrogen-bond acceptors (Lipinski definition) is 8. The van der Waals surface area contributed by atoms with Crippen molar-refractivity contribution in [1.82, 2.24) is 0 Å². The number of methoxy groups -OCH3 is 1. The largest absolute Gasteiger partial charge is 0.508 e. The number of aliphatic hydroxyl groups is 1. The first kappa shape index (κ1) is 21.3. The lowest BCUT2D eigenvalue weighted by atomic mass is 10.1. The quantitative estimate of drug-likeness (QED) is 0.329. The molecule has 142 valence electrons. The van der Waals surface area contributed by atoms with Gasteiger partial charge in [0, 0.05) is 7.11 Å². The maximum Gasteiger partial charge on any atom is 0.323 e. The fourth-order valence-corrected chi connectivity index (χ4v) is 1.88. The zero-order chi connectivity index (χ0) is 18.5. The zero-order valence-electron chi connectivity index (χ0n) is 14.4. The van der Waals surface area contributed by atoms with Crippen LogP contribution in [0.5, 0.6) is 5.75 Å². The van der Waals surface area contributed by atoms with Crippen LogP contribution in [-0.2, 0) is 30.2 Å². The van der Waals surface area contributed by atoms with Crippen LogP contribution in [0.25, 0.3) is 0 Å². The number of ether oxygens (including phenoxy) is 4. The van der Waals surface area contributed by atoms with Crippen molar-refractivity contribution in [1.29, 1.82) is 0 Å². The third-order valence-electron chi connectivity index (χ3n) is 3.23. The Kier molecular flexibility index (Phi) is 10.8. The summed E-state index contributed by atoms with van der Waals surface area (Å²) in [6.45, 7) is 1.57. The Morgan fingerprint density at radius 1 is 1.08 bits per heavy atom. The van der Waals surface area contributed by atoms with Crippen LogP contribution >= 0.6 is 0 Å². The van der Waals surface area contributed by atoms with Crippen molar-refractivity contribution in [2.24, 2.45) is 5.73 Å². The maximum absolute atomic E-state index is 11.8. The van der Waals surface area contributed by atoms with Crippen LogP contribution < -0.4 is 5.73 Å². The number of benzene rings is 1. The minimum absolute atomic E-state index is 0.0358. The molecule has 0 fully saturated rings. The Bertz CT molecular complexity index is 480. The molecule has 8 heteroatoms. The standard InChI is InChI=1S/C17H27NO7/c1-22-6-7-23-8-9-24-11-15(20)12-25-17(21)16(18)10-13-2-4-14(19)5-3-13/h2-5,15-16,19-20H,6-12,18H2,1H3. The van der Waals surface area contributed by atoms with Crippen molar-refractivity contribution in [3.63, 3.8) is 0 Å². The van der Waals surface area contributed by atoms with E-state index in [2.05, 4.69) is 0 Å². The molecule has 0 radical (unpaired) electrons. The lowest BCUT2D eigenvalue weighted by Gasteiger charge is -2.15. The summed E-state index contributed by atoms with van der Waals surface area (Å²) in [5.74, 6) is -0.456. The van der Waals surface area contributed by atoms with Gasteiger partial charge in [0.15, 0.2) is 0 Å². The van der Waals surface area contributed by atoms with Crippen molar-refractivity contribution < 1.29 is 34.0 Å². The Morgan fingerprint density at radius 2 is 1.72 bits per heavy atom. The molecule has 8 nitrogen and oxygen atoms in total. The molecule has 1 aromatic carbocycles. The van der Waals surface area contributed by atoms with Crippen molar-refractivity contribution in [2.45, 2.75) is 18.6 Å². The summed E-state index contributed by atoms with van der Waals surface area (Å²) >= 11 is 0. The second kappa shape index (κ2) is 12.6. The van der Waals surface area contributed by atoms with Gasteiger partial charge in [0.2, 0.25) is 0 Å².